The second kappa shape index (κ2) is 11.3. The molecule has 0 fully saturated rings. The molecule has 2 N–H and O–H groups in total. The summed E-state index contributed by atoms with van der Waals surface area (Å²) in [4.78, 5) is 13.1. The molecule has 1 amide bonds. The van der Waals surface area contributed by atoms with Crippen LogP contribution in [0.3, 0.4) is 0 Å². The number of nitrogens with one attached hydrogen (secondary N) is 2. The maximum absolute atomic E-state index is 13.1. The van der Waals surface area contributed by atoms with E-state index >= 15 is 0 Å². The molecular formula is C25H27ClN2O3S. The molecule has 0 unspecified atom stereocenters. The van der Waals surface area contributed by atoms with E-state index in [2.05, 4.69) is 17.0 Å². The molecule has 3 rings (SSSR count). The van der Waals surface area contributed by atoms with Crippen LogP contribution < -0.4 is 10.0 Å². The summed E-state index contributed by atoms with van der Waals surface area (Å²) in [6.07, 6.45) is 3.43. The minimum absolute atomic E-state index is 0.0491. The number of anilines is 1. The van der Waals surface area contributed by atoms with Crippen LogP contribution in [0.5, 0.6) is 0 Å². The quantitative estimate of drug-likeness (QED) is 0.427. The number of hydrogen-bond donors (Lipinski definition) is 2. The third-order valence-corrected chi connectivity index (χ3v) is 6.80. The van der Waals surface area contributed by atoms with Crippen LogP contribution >= 0.6 is 11.6 Å². The van der Waals surface area contributed by atoms with Crippen molar-refractivity contribution in [3.8, 4) is 0 Å². The molecule has 0 heterocycles. The van der Waals surface area contributed by atoms with Crippen LogP contribution in [0, 0.1) is 0 Å². The maximum Gasteiger partial charge on any atom is 0.242 e. The molecule has 0 radical (unpaired) electrons. The van der Waals surface area contributed by atoms with Gasteiger partial charge < -0.3 is 5.32 Å². The lowest BCUT2D eigenvalue weighted by molar-refractivity contribution is -0.117. The lowest BCUT2D eigenvalue weighted by Gasteiger charge is -2.19. The van der Waals surface area contributed by atoms with Crippen LogP contribution in [0.4, 0.5) is 5.69 Å². The summed E-state index contributed by atoms with van der Waals surface area (Å²) >= 11 is 5.88. The molecule has 0 spiro atoms. The van der Waals surface area contributed by atoms with Crippen LogP contribution in [-0.2, 0) is 27.7 Å². The number of aryl methyl sites for hydroxylation is 1. The van der Waals surface area contributed by atoms with Gasteiger partial charge in [-0.25, -0.2) is 8.42 Å². The van der Waals surface area contributed by atoms with Crippen molar-refractivity contribution in [2.45, 2.75) is 43.5 Å². The first-order valence-corrected chi connectivity index (χ1v) is 12.4. The van der Waals surface area contributed by atoms with Crippen molar-refractivity contribution >= 4 is 33.2 Å². The van der Waals surface area contributed by atoms with Gasteiger partial charge in [0, 0.05) is 10.7 Å². The molecule has 5 nitrogen and oxygen atoms in total. The standard InChI is InChI=1S/C25H27ClN2O3S/c1-2-3-7-19-10-14-22(15-11-19)27-25(29)24(18-20-8-5-4-6-9-20)28-32(30,31)23-16-12-21(26)13-17-23/h4-6,8-17,24,28H,2-3,7,18H2,1H3,(H,27,29)/t24-/m1/s1. The van der Waals surface area contributed by atoms with E-state index in [0.717, 1.165) is 24.8 Å². The second-order valence-corrected chi connectivity index (χ2v) is 9.76. The van der Waals surface area contributed by atoms with Gasteiger partial charge in [0.2, 0.25) is 15.9 Å². The molecule has 0 saturated carbocycles. The van der Waals surface area contributed by atoms with Gasteiger partial charge in [0.15, 0.2) is 0 Å². The first kappa shape index (κ1) is 24.0. The molecule has 3 aromatic rings. The predicted octanol–water partition coefficient (Wildman–Crippen LogP) is 5.21. The zero-order chi connectivity index (χ0) is 23.0. The number of benzene rings is 3. The van der Waals surface area contributed by atoms with Gasteiger partial charge in [0.05, 0.1) is 4.90 Å². The number of halogens is 1. The topological polar surface area (TPSA) is 75.3 Å². The SMILES string of the molecule is CCCCc1ccc(NC(=O)[C@@H](Cc2ccccc2)NS(=O)(=O)c2ccc(Cl)cc2)cc1. The Morgan fingerprint density at radius 1 is 0.906 bits per heavy atom. The van der Waals surface area contributed by atoms with Crippen LogP contribution in [0.1, 0.15) is 30.9 Å². The van der Waals surface area contributed by atoms with Crippen LogP contribution in [0.2, 0.25) is 5.02 Å². The summed E-state index contributed by atoms with van der Waals surface area (Å²) in [5.41, 5.74) is 2.68. The van der Waals surface area contributed by atoms with Crippen LogP contribution in [-0.4, -0.2) is 20.4 Å². The molecule has 0 aliphatic rings. The van der Waals surface area contributed by atoms with E-state index in [9.17, 15) is 13.2 Å². The summed E-state index contributed by atoms with van der Waals surface area (Å²) < 4.78 is 28.4. The Hall–Kier alpha value is -2.67. The molecule has 0 aromatic heterocycles. The fraction of sp³-hybridized carbons (Fsp3) is 0.240. The third-order valence-electron chi connectivity index (χ3n) is 5.06. The van der Waals surface area contributed by atoms with Crippen molar-refractivity contribution in [2.75, 3.05) is 5.32 Å². The van der Waals surface area contributed by atoms with Crippen molar-refractivity contribution in [3.63, 3.8) is 0 Å². The zero-order valence-electron chi connectivity index (χ0n) is 17.9. The number of unbranched alkanes of at least 4 members (excludes halogenated alkanes) is 1. The fourth-order valence-corrected chi connectivity index (χ4v) is 4.59. The average molecular weight is 471 g/mol. The molecule has 0 aliphatic carbocycles. The molecule has 0 saturated heterocycles. The monoisotopic (exact) mass is 470 g/mol. The molecule has 0 aliphatic heterocycles. The Balaban J connectivity index is 1.78. The van der Waals surface area contributed by atoms with Crippen molar-refractivity contribution in [1.29, 1.82) is 0 Å². The molecule has 1 atom stereocenters. The van der Waals surface area contributed by atoms with Gasteiger partial charge in [-0.05, 0) is 66.8 Å². The number of amides is 1. The average Bonchev–Trinajstić information content (AvgIpc) is 2.79. The summed E-state index contributed by atoms with van der Waals surface area (Å²) in [7, 11) is -3.92. The van der Waals surface area contributed by atoms with Gasteiger partial charge >= 0.3 is 0 Å². The van der Waals surface area contributed by atoms with Crippen molar-refractivity contribution < 1.29 is 13.2 Å². The van der Waals surface area contributed by atoms with Gasteiger partial charge in [-0.3, -0.25) is 4.79 Å². The molecule has 7 heteroatoms. The lowest BCUT2D eigenvalue weighted by Crippen LogP contribution is -2.45. The Morgan fingerprint density at radius 2 is 1.56 bits per heavy atom. The molecular weight excluding hydrogens is 444 g/mol. The number of carbonyl (C=O) groups excluding carboxylic acids is 1. The normalized spacial score (nSPS) is 12.3. The predicted molar refractivity (Wildman–Crippen MR) is 129 cm³/mol. The number of carbonyl (C=O) groups is 1. The van der Waals surface area contributed by atoms with Crippen molar-refractivity contribution in [1.82, 2.24) is 4.72 Å². The zero-order valence-corrected chi connectivity index (χ0v) is 19.5. The maximum atomic E-state index is 13.1. The smallest absolute Gasteiger partial charge is 0.242 e. The van der Waals surface area contributed by atoms with E-state index in [0.29, 0.717) is 10.7 Å². The van der Waals surface area contributed by atoms with E-state index < -0.39 is 22.0 Å². The molecule has 168 valence electrons. The number of rotatable bonds is 10. The Kier molecular flexibility index (Phi) is 8.45. The fourth-order valence-electron chi connectivity index (χ4n) is 3.27. The minimum Gasteiger partial charge on any atom is -0.325 e. The van der Waals surface area contributed by atoms with E-state index in [4.69, 9.17) is 11.6 Å². The van der Waals surface area contributed by atoms with Gasteiger partial charge in [-0.2, -0.15) is 4.72 Å². The van der Waals surface area contributed by atoms with Gasteiger partial charge in [-0.15, -0.1) is 0 Å². The van der Waals surface area contributed by atoms with E-state index in [1.807, 2.05) is 54.6 Å². The Bertz CT molecular complexity index is 1120. The van der Waals surface area contributed by atoms with Gasteiger partial charge in [0.25, 0.3) is 0 Å². The highest BCUT2D eigenvalue weighted by Gasteiger charge is 2.26. The number of sulfonamides is 1. The third kappa shape index (κ3) is 6.92. The summed E-state index contributed by atoms with van der Waals surface area (Å²) in [6.45, 7) is 2.15. The first-order valence-electron chi connectivity index (χ1n) is 10.6. The highest BCUT2D eigenvalue weighted by atomic mass is 35.5. The number of hydrogen-bond acceptors (Lipinski definition) is 3. The highest BCUT2D eigenvalue weighted by molar-refractivity contribution is 7.89. The van der Waals surface area contributed by atoms with E-state index in [1.54, 1.807) is 0 Å². The summed E-state index contributed by atoms with van der Waals surface area (Å²) in [6, 6.07) is 21.8. The molecule has 0 bridgehead atoms. The minimum atomic E-state index is -3.92. The summed E-state index contributed by atoms with van der Waals surface area (Å²) in [5, 5.41) is 3.28. The highest BCUT2D eigenvalue weighted by Crippen LogP contribution is 2.17. The van der Waals surface area contributed by atoms with Crippen molar-refractivity contribution in [3.05, 3.63) is 95.0 Å². The van der Waals surface area contributed by atoms with Gasteiger partial charge in [-0.1, -0.05) is 67.4 Å². The van der Waals surface area contributed by atoms with E-state index in [1.165, 1.54) is 29.8 Å². The first-order chi connectivity index (χ1) is 15.4. The van der Waals surface area contributed by atoms with Crippen LogP contribution in [0.25, 0.3) is 0 Å². The lowest BCUT2D eigenvalue weighted by atomic mass is 10.1. The summed E-state index contributed by atoms with van der Waals surface area (Å²) in [5.74, 6) is -0.423. The molecule has 32 heavy (non-hydrogen) atoms. The Morgan fingerprint density at radius 3 is 2.19 bits per heavy atom. The van der Waals surface area contributed by atoms with Crippen molar-refractivity contribution in [2.24, 2.45) is 0 Å². The molecule has 3 aromatic carbocycles. The Labute approximate surface area is 194 Å². The van der Waals surface area contributed by atoms with E-state index in [-0.39, 0.29) is 11.3 Å². The second-order valence-electron chi connectivity index (χ2n) is 7.61. The largest absolute Gasteiger partial charge is 0.325 e. The van der Waals surface area contributed by atoms with Crippen LogP contribution in [0.15, 0.2) is 83.8 Å². The van der Waals surface area contributed by atoms with Gasteiger partial charge in [0.1, 0.15) is 6.04 Å².